The lowest BCUT2D eigenvalue weighted by atomic mass is 10.1. The molecule has 0 heterocycles. The monoisotopic (exact) mass is 259 g/mol. The van der Waals surface area contributed by atoms with E-state index in [0.29, 0.717) is 0 Å². The van der Waals surface area contributed by atoms with E-state index < -0.39 is 0 Å². The Morgan fingerprint density at radius 1 is 1.00 bits per heavy atom. The van der Waals surface area contributed by atoms with Gasteiger partial charge in [-0.1, -0.05) is 0 Å². The highest BCUT2D eigenvalue weighted by Gasteiger charge is 2.15. The molecule has 17 heavy (non-hydrogen) atoms. The second-order valence-electron chi connectivity index (χ2n) is 5.08. The van der Waals surface area contributed by atoms with Gasteiger partial charge in [-0.3, -0.25) is 0 Å². The molecule has 0 unspecified atom stereocenters. The highest BCUT2D eigenvalue weighted by Crippen LogP contribution is 2.29. The second-order valence-corrected chi connectivity index (χ2v) is 5.08. The van der Waals surface area contributed by atoms with Gasteiger partial charge in [0.2, 0.25) is 0 Å². The van der Waals surface area contributed by atoms with E-state index in [4.69, 9.17) is 9.47 Å². The van der Waals surface area contributed by atoms with Gasteiger partial charge in [-0.15, -0.1) is 0 Å². The third-order valence-corrected chi connectivity index (χ3v) is 2.44. The Balaban J connectivity index is 0.00000256. The van der Waals surface area contributed by atoms with E-state index in [2.05, 4.69) is 27.2 Å². The van der Waals surface area contributed by atoms with Gasteiger partial charge in [0.15, 0.2) is 0 Å². The van der Waals surface area contributed by atoms with Gasteiger partial charge in [0.1, 0.15) is 18.0 Å². The van der Waals surface area contributed by atoms with Crippen molar-refractivity contribution in [3.05, 3.63) is 23.3 Å². The van der Waals surface area contributed by atoms with Crippen molar-refractivity contribution in [2.24, 2.45) is 0 Å². The summed E-state index contributed by atoms with van der Waals surface area (Å²) in [5, 5.41) is 0. The van der Waals surface area contributed by atoms with Crippen molar-refractivity contribution in [1.29, 1.82) is 0 Å². The third kappa shape index (κ3) is 4.44. The lowest BCUT2D eigenvalue weighted by Crippen LogP contribution is -3.00. The Kier molecular flexibility index (Phi) is 5.79. The van der Waals surface area contributed by atoms with Crippen LogP contribution >= 0.6 is 0 Å². The summed E-state index contributed by atoms with van der Waals surface area (Å²) in [7, 11) is 9.88. The van der Waals surface area contributed by atoms with Crippen LogP contribution < -0.4 is 21.9 Å². The van der Waals surface area contributed by atoms with Crippen LogP contribution in [-0.4, -0.2) is 39.8 Å². The first-order valence-corrected chi connectivity index (χ1v) is 5.39. The number of aryl methyl sites for hydroxylation is 1. The first-order chi connectivity index (χ1) is 7.37. The molecule has 0 bridgehead atoms. The fourth-order valence-corrected chi connectivity index (χ4v) is 1.75. The van der Waals surface area contributed by atoms with Crippen LogP contribution in [0.4, 0.5) is 0 Å². The van der Waals surface area contributed by atoms with E-state index in [1.807, 2.05) is 13.0 Å². The Hall–Kier alpha value is -0.930. The minimum Gasteiger partial charge on any atom is -1.00 e. The van der Waals surface area contributed by atoms with E-state index in [1.54, 1.807) is 14.2 Å². The third-order valence-electron chi connectivity index (χ3n) is 2.44. The summed E-state index contributed by atoms with van der Waals surface area (Å²) in [6.07, 6.45) is 0. The molecular formula is C13H22ClNO2. The van der Waals surface area contributed by atoms with Crippen LogP contribution in [0.1, 0.15) is 11.1 Å². The van der Waals surface area contributed by atoms with Crippen LogP contribution in [0.5, 0.6) is 11.5 Å². The van der Waals surface area contributed by atoms with Gasteiger partial charge in [0, 0.05) is 0 Å². The van der Waals surface area contributed by atoms with Gasteiger partial charge in [-0.2, -0.15) is 0 Å². The number of methoxy groups -OCH3 is 2. The standard InChI is InChI=1S/C13H22NO2.ClH/c1-10-7-13(16-6)11(8-12(10)15-5)9-14(2,3)4;/h7-8H,9H2,1-6H3;1H/q+1;/p-1. The van der Waals surface area contributed by atoms with Crippen molar-refractivity contribution in [2.45, 2.75) is 13.5 Å². The van der Waals surface area contributed by atoms with Crippen molar-refractivity contribution in [3.63, 3.8) is 0 Å². The van der Waals surface area contributed by atoms with Crippen LogP contribution in [-0.2, 0) is 6.54 Å². The molecule has 0 spiro atoms. The van der Waals surface area contributed by atoms with Crippen molar-refractivity contribution in [3.8, 4) is 11.5 Å². The molecule has 4 heteroatoms. The van der Waals surface area contributed by atoms with Gasteiger partial charge in [-0.05, 0) is 24.6 Å². The highest BCUT2D eigenvalue weighted by molar-refractivity contribution is 5.45. The Morgan fingerprint density at radius 3 is 1.94 bits per heavy atom. The number of hydrogen-bond donors (Lipinski definition) is 0. The number of ether oxygens (including phenoxy) is 2. The molecule has 0 radical (unpaired) electrons. The summed E-state index contributed by atoms with van der Waals surface area (Å²) in [5.41, 5.74) is 2.28. The van der Waals surface area contributed by atoms with Crippen molar-refractivity contribution < 1.29 is 26.4 Å². The summed E-state index contributed by atoms with van der Waals surface area (Å²) < 4.78 is 11.6. The largest absolute Gasteiger partial charge is 1.00 e. The smallest absolute Gasteiger partial charge is 0.128 e. The molecule has 0 aliphatic rings. The van der Waals surface area contributed by atoms with Crippen molar-refractivity contribution in [1.82, 2.24) is 0 Å². The quantitative estimate of drug-likeness (QED) is 0.661. The van der Waals surface area contributed by atoms with Crippen LogP contribution in [0.3, 0.4) is 0 Å². The predicted molar refractivity (Wildman–Crippen MR) is 66.0 cm³/mol. The minimum absolute atomic E-state index is 0. The summed E-state index contributed by atoms with van der Waals surface area (Å²) in [5.74, 6) is 1.86. The zero-order valence-corrected chi connectivity index (χ0v) is 12.3. The molecule has 1 aromatic carbocycles. The average molecular weight is 260 g/mol. The normalized spacial score (nSPS) is 10.7. The topological polar surface area (TPSA) is 18.5 Å². The van der Waals surface area contributed by atoms with Crippen molar-refractivity contribution >= 4 is 0 Å². The Bertz CT molecular complexity index is 372. The summed E-state index contributed by atoms with van der Waals surface area (Å²) in [4.78, 5) is 0. The number of halogens is 1. The predicted octanol–water partition coefficient (Wildman–Crippen LogP) is -0.778. The first-order valence-electron chi connectivity index (χ1n) is 5.39. The molecule has 98 valence electrons. The molecule has 0 amide bonds. The number of rotatable bonds is 4. The number of benzene rings is 1. The maximum atomic E-state index is 5.41. The average Bonchev–Trinajstić information content (AvgIpc) is 2.18. The van der Waals surface area contributed by atoms with Gasteiger partial charge in [0.25, 0.3) is 0 Å². The first kappa shape index (κ1) is 16.1. The summed E-state index contributed by atoms with van der Waals surface area (Å²) >= 11 is 0. The van der Waals surface area contributed by atoms with Crippen LogP contribution in [0.2, 0.25) is 0 Å². The van der Waals surface area contributed by atoms with E-state index in [9.17, 15) is 0 Å². The molecule has 3 nitrogen and oxygen atoms in total. The van der Waals surface area contributed by atoms with Crippen LogP contribution in [0.15, 0.2) is 12.1 Å². The van der Waals surface area contributed by atoms with E-state index in [0.717, 1.165) is 28.1 Å². The molecule has 0 atom stereocenters. The zero-order chi connectivity index (χ0) is 12.3. The molecular weight excluding hydrogens is 238 g/mol. The fourth-order valence-electron chi connectivity index (χ4n) is 1.75. The number of nitrogens with zero attached hydrogens (tertiary/aromatic N) is 1. The maximum Gasteiger partial charge on any atom is 0.128 e. The van der Waals surface area contributed by atoms with E-state index in [1.165, 1.54) is 5.56 Å². The Morgan fingerprint density at radius 2 is 1.53 bits per heavy atom. The van der Waals surface area contributed by atoms with Gasteiger partial charge in [-0.25, -0.2) is 0 Å². The molecule has 0 saturated carbocycles. The highest BCUT2D eigenvalue weighted by atomic mass is 35.5. The number of hydrogen-bond acceptors (Lipinski definition) is 2. The van der Waals surface area contributed by atoms with Gasteiger partial charge >= 0.3 is 0 Å². The van der Waals surface area contributed by atoms with Gasteiger partial charge in [0.05, 0.1) is 40.9 Å². The van der Waals surface area contributed by atoms with Crippen LogP contribution in [0, 0.1) is 6.92 Å². The maximum absolute atomic E-state index is 5.41. The van der Waals surface area contributed by atoms with Crippen molar-refractivity contribution in [2.75, 3.05) is 35.4 Å². The summed E-state index contributed by atoms with van der Waals surface area (Å²) in [6.45, 7) is 2.94. The molecule has 0 aliphatic heterocycles. The second kappa shape index (κ2) is 6.12. The minimum atomic E-state index is 0. The van der Waals surface area contributed by atoms with E-state index >= 15 is 0 Å². The van der Waals surface area contributed by atoms with E-state index in [-0.39, 0.29) is 12.4 Å². The number of quaternary nitrogens is 1. The molecule has 0 aliphatic carbocycles. The summed E-state index contributed by atoms with van der Waals surface area (Å²) in [6, 6.07) is 4.10. The lowest BCUT2D eigenvalue weighted by molar-refractivity contribution is -0.884. The van der Waals surface area contributed by atoms with Crippen LogP contribution in [0.25, 0.3) is 0 Å². The Labute approximate surface area is 110 Å². The SMILES string of the molecule is COc1cc(C[N+](C)(C)C)c(OC)cc1C.[Cl-]. The lowest BCUT2D eigenvalue weighted by Gasteiger charge is -2.25. The van der Waals surface area contributed by atoms with Gasteiger partial charge < -0.3 is 26.4 Å². The molecule has 0 N–H and O–H groups in total. The molecule has 0 fully saturated rings. The molecule has 0 saturated heterocycles. The molecule has 1 aromatic rings. The fraction of sp³-hybridized carbons (Fsp3) is 0.538. The zero-order valence-electron chi connectivity index (χ0n) is 11.5. The molecule has 0 aromatic heterocycles. The molecule has 1 rings (SSSR count).